The number of unbranched alkanes of at least 4 members (excludes halogenated alkanes) is 1. The lowest BCUT2D eigenvalue weighted by molar-refractivity contribution is -0.141. The zero-order valence-electron chi connectivity index (χ0n) is 22.2. The van der Waals surface area contributed by atoms with Crippen LogP contribution in [-0.2, 0) is 22.6 Å². The van der Waals surface area contributed by atoms with Gasteiger partial charge in [0.25, 0.3) is 0 Å². The minimum atomic E-state index is -0.639. The van der Waals surface area contributed by atoms with Gasteiger partial charge >= 0.3 is 0 Å². The summed E-state index contributed by atoms with van der Waals surface area (Å²) in [6.45, 7) is 3.37. The molecule has 0 fully saturated rings. The van der Waals surface area contributed by atoms with Crippen LogP contribution < -0.4 is 14.8 Å². The zero-order chi connectivity index (χ0) is 27.2. The fourth-order valence-corrected chi connectivity index (χ4v) is 4.20. The molecule has 2 amide bonds. The number of nitrogens with one attached hydrogen (secondary N) is 1. The van der Waals surface area contributed by atoms with Gasteiger partial charge in [0.15, 0.2) is 0 Å². The second-order valence-electron chi connectivity index (χ2n) is 9.13. The molecule has 6 nitrogen and oxygen atoms in total. The van der Waals surface area contributed by atoms with Crippen LogP contribution in [0.5, 0.6) is 11.5 Å². The van der Waals surface area contributed by atoms with Crippen molar-refractivity contribution in [2.24, 2.45) is 0 Å². The number of rotatable bonds is 15. The Morgan fingerprint density at radius 2 is 1.58 bits per heavy atom. The first-order chi connectivity index (χ1) is 18.5. The fraction of sp³-hybridized carbons (Fsp3) is 0.355. The molecular weight excluding hydrogens is 500 g/mol. The van der Waals surface area contributed by atoms with Gasteiger partial charge in [-0.1, -0.05) is 67.4 Å². The first-order valence-electron chi connectivity index (χ1n) is 13.1. The highest BCUT2D eigenvalue weighted by Crippen LogP contribution is 2.20. The molecule has 1 unspecified atom stereocenters. The van der Waals surface area contributed by atoms with Crippen LogP contribution in [0.25, 0.3) is 0 Å². The SMILES string of the molecule is CCCCNC(=O)C(Cc1ccccc1)N(Cc1ccc(Cl)cc1)C(=O)CCCOc1ccc(OC)cc1. The number of methoxy groups -OCH3 is 1. The van der Waals surface area contributed by atoms with Crippen LogP contribution in [0.4, 0.5) is 0 Å². The Labute approximate surface area is 230 Å². The Morgan fingerprint density at radius 1 is 0.895 bits per heavy atom. The molecule has 38 heavy (non-hydrogen) atoms. The first-order valence-corrected chi connectivity index (χ1v) is 13.5. The lowest BCUT2D eigenvalue weighted by atomic mass is 10.0. The van der Waals surface area contributed by atoms with E-state index in [1.807, 2.05) is 66.7 Å². The van der Waals surface area contributed by atoms with Crippen molar-refractivity contribution in [3.8, 4) is 11.5 Å². The number of hydrogen-bond donors (Lipinski definition) is 1. The van der Waals surface area contributed by atoms with E-state index in [1.54, 1.807) is 24.1 Å². The zero-order valence-corrected chi connectivity index (χ0v) is 23.0. The van der Waals surface area contributed by atoms with Crippen LogP contribution in [0.15, 0.2) is 78.9 Å². The summed E-state index contributed by atoms with van der Waals surface area (Å²) >= 11 is 6.09. The topological polar surface area (TPSA) is 67.9 Å². The highest BCUT2D eigenvalue weighted by Gasteiger charge is 2.30. The molecule has 0 aliphatic rings. The Bertz CT molecular complexity index is 1120. The summed E-state index contributed by atoms with van der Waals surface area (Å²) in [5.41, 5.74) is 1.91. The highest BCUT2D eigenvalue weighted by atomic mass is 35.5. The van der Waals surface area contributed by atoms with E-state index in [2.05, 4.69) is 12.2 Å². The van der Waals surface area contributed by atoms with E-state index in [4.69, 9.17) is 21.1 Å². The number of halogens is 1. The molecule has 3 rings (SSSR count). The molecule has 3 aromatic carbocycles. The third kappa shape index (κ3) is 9.42. The molecule has 0 saturated heterocycles. The van der Waals surface area contributed by atoms with Gasteiger partial charge in [-0.25, -0.2) is 0 Å². The van der Waals surface area contributed by atoms with Crippen molar-refractivity contribution in [3.63, 3.8) is 0 Å². The molecule has 0 aliphatic carbocycles. The molecule has 1 N–H and O–H groups in total. The van der Waals surface area contributed by atoms with Gasteiger partial charge in [-0.15, -0.1) is 0 Å². The number of nitrogens with zero attached hydrogens (tertiary/aromatic N) is 1. The van der Waals surface area contributed by atoms with E-state index in [-0.39, 0.29) is 18.2 Å². The summed E-state index contributed by atoms with van der Waals surface area (Å²) in [6, 6.07) is 23.9. The van der Waals surface area contributed by atoms with E-state index < -0.39 is 6.04 Å². The van der Waals surface area contributed by atoms with Crippen molar-refractivity contribution in [3.05, 3.63) is 95.0 Å². The van der Waals surface area contributed by atoms with Gasteiger partial charge in [-0.3, -0.25) is 9.59 Å². The second-order valence-corrected chi connectivity index (χ2v) is 9.56. The molecule has 0 spiro atoms. The maximum atomic E-state index is 13.6. The van der Waals surface area contributed by atoms with E-state index in [0.717, 1.165) is 29.7 Å². The molecule has 7 heteroatoms. The Kier molecular flexibility index (Phi) is 12.0. The monoisotopic (exact) mass is 536 g/mol. The van der Waals surface area contributed by atoms with Crippen molar-refractivity contribution in [2.75, 3.05) is 20.3 Å². The normalized spacial score (nSPS) is 11.4. The minimum Gasteiger partial charge on any atom is -0.497 e. The van der Waals surface area contributed by atoms with Gasteiger partial charge in [0.2, 0.25) is 11.8 Å². The van der Waals surface area contributed by atoms with Gasteiger partial charge in [0.1, 0.15) is 17.5 Å². The van der Waals surface area contributed by atoms with E-state index in [1.165, 1.54) is 0 Å². The van der Waals surface area contributed by atoms with Crippen molar-refractivity contribution < 1.29 is 19.1 Å². The van der Waals surface area contributed by atoms with Crippen molar-refractivity contribution in [2.45, 2.75) is 51.6 Å². The van der Waals surface area contributed by atoms with E-state index in [9.17, 15) is 9.59 Å². The number of benzene rings is 3. The van der Waals surface area contributed by atoms with Crippen LogP contribution >= 0.6 is 11.6 Å². The average molecular weight is 537 g/mol. The highest BCUT2D eigenvalue weighted by molar-refractivity contribution is 6.30. The minimum absolute atomic E-state index is 0.0927. The predicted octanol–water partition coefficient (Wildman–Crippen LogP) is 6.06. The third-order valence-electron chi connectivity index (χ3n) is 6.23. The smallest absolute Gasteiger partial charge is 0.243 e. The summed E-state index contributed by atoms with van der Waals surface area (Å²) in [6.07, 6.45) is 3.08. The molecule has 202 valence electrons. The summed E-state index contributed by atoms with van der Waals surface area (Å²) in [5.74, 6) is 1.24. The fourth-order valence-electron chi connectivity index (χ4n) is 4.08. The summed E-state index contributed by atoms with van der Waals surface area (Å²) in [4.78, 5) is 28.7. The summed E-state index contributed by atoms with van der Waals surface area (Å²) in [5, 5.41) is 3.67. The Hall–Kier alpha value is -3.51. The number of carbonyl (C=O) groups is 2. The standard InChI is InChI=1S/C31H37ClN2O4/c1-3-4-20-33-31(36)29(22-24-9-6-5-7-10-24)34(23-25-12-14-26(32)15-13-25)30(35)11-8-21-38-28-18-16-27(37-2)17-19-28/h5-7,9-10,12-19,29H,3-4,8,11,20-23H2,1-2H3,(H,33,36). The number of carbonyl (C=O) groups excluding carboxylic acids is 2. The van der Waals surface area contributed by atoms with Crippen molar-refractivity contribution in [1.82, 2.24) is 10.2 Å². The quantitative estimate of drug-likeness (QED) is 0.240. The maximum absolute atomic E-state index is 13.6. The Morgan fingerprint density at radius 3 is 2.24 bits per heavy atom. The van der Waals surface area contributed by atoms with Crippen LogP contribution in [0.2, 0.25) is 5.02 Å². The maximum Gasteiger partial charge on any atom is 0.243 e. The number of ether oxygens (including phenoxy) is 2. The van der Waals surface area contributed by atoms with Gasteiger partial charge in [-0.2, -0.15) is 0 Å². The largest absolute Gasteiger partial charge is 0.497 e. The molecule has 0 heterocycles. The lowest BCUT2D eigenvalue weighted by Crippen LogP contribution is -2.50. The van der Waals surface area contributed by atoms with Gasteiger partial charge < -0.3 is 19.7 Å². The Balaban J connectivity index is 1.75. The molecule has 0 bridgehead atoms. The second kappa shape index (κ2) is 15.7. The van der Waals surface area contributed by atoms with Gasteiger partial charge in [-0.05, 0) is 60.4 Å². The molecule has 3 aromatic rings. The molecule has 0 saturated carbocycles. The average Bonchev–Trinajstić information content (AvgIpc) is 2.95. The summed E-state index contributed by atoms with van der Waals surface area (Å²) in [7, 11) is 1.62. The van der Waals surface area contributed by atoms with E-state index >= 15 is 0 Å². The van der Waals surface area contributed by atoms with Crippen LogP contribution in [0, 0.1) is 0 Å². The van der Waals surface area contributed by atoms with Crippen molar-refractivity contribution >= 4 is 23.4 Å². The van der Waals surface area contributed by atoms with Crippen LogP contribution in [0.3, 0.4) is 0 Å². The first kappa shape index (κ1) is 29.1. The summed E-state index contributed by atoms with van der Waals surface area (Å²) < 4.78 is 11.0. The van der Waals surface area contributed by atoms with Crippen LogP contribution in [-0.4, -0.2) is 43.0 Å². The van der Waals surface area contributed by atoms with Gasteiger partial charge in [0.05, 0.1) is 13.7 Å². The molecule has 0 aromatic heterocycles. The number of amides is 2. The molecular formula is C31H37ClN2O4. The molecule has 0 radical (unpaired) electrons. The van der Waals surface area contributed by atoms with Crippen LogP contribution in [0.1, 0.15) is 43.7 Å². The predicted molar refractivity (Wildman–Crippen MR) is 152 cm³/mol. The van der Waals surface area contributed by atoms with E-state index in [0.29, 0.717) is 43.3 Å². The molecule has 0 aliphatic heterocycles. The van der Waals surface area contributed by atoms with Gasteiger partial charge in [0, 0.05) is 31.0 Å². The number of hydrogen-bond acceptors (Lipinski definition) is 4. The van der Waals surface area contributed by atoms with Crippen molar-refractivity contribution in [1.29, 1.82) is 0 Å². The lowest BCUT2D eigenvalue weighted by Gasteiger charge is -2.31. The molecule has 1 atom stereocenters. The third-order valence-corrected chi connectivity index (χ3v) is 6.48.